The molecule has 8 N–H and O–H groups in total. The summed E-state index contributed by atoms with van der Waals surface area (Å²) in [5.74, 6) is 0.144. The molecule has 0 saturated heterocycles. The number of hydrogen-bond acceptors (Lipinski definition) is 10. The summed E-state index contributed by atoms with van der Waals surface area (Å²) in [6, 6.07) is 37.4. The second-order valence-electron chi connectivity index (χ2n) is 14.6. The Balaban J connectivity index is 0.000000200. The van der Waals surface area contributed by atoms with Gasteiger partial charge in [0, 0.05) is 11.4 Å². The highest BCUT2D eigenvalue weighted by Crippen LogP contribution is 2.36. The number of nitrogens with two attached hydrogens (primary N) is 2. The van der Waals surface area contributed by atoms with E-state index in [9.17, 15) is 26.2 Å². The van der Waals surface area contributed by atoms with E-state index in [0.717, 1.165) is 74.3 Å². The number of para-hydroxylation sites is 4. The maximum Gasteiger partial charge on any atom is 0.296 e. The molecule has 0 fully saturated rings. The van der Waals surface area contributed by atoms with Crippen LogP contribution < -0.4 is 27.1 Å². The molecule has 1 aliphatic heterocycles. The van der Waals surface area contributed by atoms with E-state index in [2.05, 4.69) is 35.9 Å². The lowest BCUT2D eigenvalue weighted by molar-refractivity contribution is -0.117. The molecule has 1 atom stereocenters. The van der Waals surface area contributed by atoms with Gasteiger partial charge < -0.3 is 22.1 Å². The number of nitrogens with one attached hydrogen (secondary N) is 2. The Morgan fingerprint density at radius 2 is 1.07 bits per heavy atom. The maximum absolute atomic E-state index is 12.7. The van der Waals surface area contributed by atoms with Gasteiger partial charge in [-0.3, -0.25) is 13.9 Å². The first-order chi connectivity index (χ1) is 31.6. The molecule has 7 rings (SSSR count). The van der Waals surface area contributed by atoms with Crippen LogP contribution in [0.2, 0.25) is 10.0 Å². The number of azo groups is 1. The zero-order valence-corrected chi connectivity index (χ0v) is 39.8. The summed E-state index contributed by atoms with van der Waals surface area (Å²) in [5, 5.41) is 18.4. The minimum Gasteiger partial charge on any atom is -0.369 e. The fourth-order valence-electron chi connectivity index (χ4n) is 5.94. The molecule has 0 aliphatic carbocycles. The van der Waals surface area contributed by atoms with Gasteiger partial charge in [0.2, 0.25) is 0 Å². The van der Waals surface area contributed by atoms with Crippen molar-refractivity contribution in [3.05, 3.63) is 166 Å². The van der Waals surface area contributed by atoms with Crippen LogP contribution in [0.15, 0.2) is 169 Å². The molecule has 21 heteroatoms. The van der Waals surface area contributed by atoms with Crippen LogP contribution >= 0.6 is 23.2 Å². The van der Waals surface area contributed by atoms with Gasteiger partial charge in [-0.25, -0.2) is 9.98 Å². The molecule has 348 valence electrons. The lowest BCUT2D eigenvalue weighted by atomic mass is 10.2. The third-order valence-corrected chi connectivity index (χ3v) is 12.0. The monoisotopic (exact) mass is 984 g/mol. The Bertz CT molecular complexity index is 3030. The number of amides is 1. The van der Waals surface area contributed by atoms with Crippen LogP contribution in [0.3, 0.4) is 0 Å². The number of anilines is 3. The van der Waals surface area contributed by atoms with Gasteiger partial charge in [0.15, 0.2) is 18.0 Å². The SMILES string of the molecule is CC1=NN(c2cc(Cl)c(S(=O)(=O)O)cc2Cl)C(=O)C1N=Nc1ccc(S(=O)(=O)O)cc1.Cc1ccccc1N=C(N)Nc1ccccc1C.Cc1ccccc1N=C(N)Nc1ccccc1C. The summed E-state index contributed by atoms with van der Waals surface area (Å²) in [5.41, 5.74) is 20.5. The Morgan fingerprint density at radius 3 is 1.51 bits per heavy atom. The first kappa shape index (κ1) is 51.0. The number of hydrazone groups is 1. The number of rotatable bonds is 9. The molecule has 1 unspecified atom stereocenters. The summed E-state index contributed by atoms with van der Waals surface area (Å²) in [7, 11) is -8.98. The predicted octanol–water partition coefficient (Wildman–Crippen LogP) is 10.1. The van der Waals surface area contributed by atoms with Crippen molar-refractivity contribution in [2.45, 2.75) is 50.5 Å². The van der Waals surface area contributed by atoms with Crippen LogP contribution in [-0.2, 0) is 25.0 Å². The van der Waals surface area contributed by atoms with E-state index in [4.69, 9.17) is 39.2 Å². The van der Waals surface area contributed by atoms with Gasteiger partial charge in [0.25, 0.3) is 26.1 Å². The topological polar surface area (TPSA) is 267 Å². The smallest absolute Gasteiger partial charge is 0.296 e. The number of hydrogen-bond donors (Lipinski definition) is 6. The lowest BCUT2D eigenvalue weighted by Crippen LogP contribution is -2.30. The molecule has 0 radical (unpaired) electrons. The molecule has 1 aliphatic rings. The minimum absolute atomic E-state index is 0.0291. The van der Waals surface area contributed by atoms with E-state index in [-0.39, 0.29) is 32.0 Å². The first-order valence-corrected chi connectivity index (χ1v) is 23.5. The highest BCUT2D eigenvalue weighted by molar-refractivity contribution is 7.86. The van der Waals surface area contributed by atoms with Crippen LogP contribution in [-0.4, -0.2) is 55.5 Å². The third kappa shape index (κ3) is 14.2. The third-order valence-electron chi connectivity index (χ3n) is 9.56. The fraction of sp³-hybridized carbons (Fsp3) is 0.130. The average molecular weight is 986 g/mol. The van der Waals surface area contributed by atoms with Crippen LogP contribution in [0.5, 0.6) is 0 Å². The van der Waals surface area contributed by atoms with Crippen molar-refractivity contribution in [1.29, 1.82) is 0 Å². The van der Waals surface area contributed by atoms with Crippen LogP contribution in [0.4, 0.5) is 34.1 Å². The minimum atomic E-state index is -4.63. The van der Waals surface area contributed by atoms with Gasteiger partial charge in [0.1, 0.15) is 4.90 Å². The molecule has 67 heavy (non-hydrogen) atoms. The predicted molar refractivity (Wildman–Crippen MR) is 266 cm³/mol. The van der Waals surface area contributed by atoms with Crippen molar-refractivity contribution >= 4 is 101 Å². The Kier molecular flexibility index (Phi) is 17.1. The van der Waals surface area contributed by atoms with Crippen LogP contribution in [0.25, 0.3) is 0 Å². The molecular formula is C46H46Cl2N10O7S2. The Morgan fingerprint density at radius 1 is 0.627 bits per heavy atom. The Labute approximate surface area is 398 Å². The number of guanidine groups is 2. The van der Waals surface area contributed by atoms with Crippen molar-refractivity contribution in [2.24, 2.45) is 36.8 Å². The molecule has 17 nitrogen and oxygen atoms in total. The van der Waals surface area contributed by atoms with Gasteiger partial charge >= 0.3 is 0 Å². The molecular weight excluding hydrogens is 940 g/mol. The number of nitrogens with zero attached hydrogens (tertiary/aromatic N) is 6. The second kappa shape index (κ2) is 22.5. The average Bonchev–Trinajstić information content (AvgIpc) is 3.55. The zero-order valence-electron chi connectivity index (χ0n) is 36.6. The molecule has 6 aromatic carbocycles. The second-order valence-corrected chi connectivity index (χ2v) is 18.3. The van der Waals surface area contributed by atoms with Crippen LogP contribution in [0.1, 0.15) is 29.2 Å². The number of halogens is 2. The first-order valence-electron chi connectivity index (χ1n) is 19.9. The number of carbonyl (C=O) groups excluding carboxylic acids is 1. The Hall–Kier alpha value is -7.00. The number of benzene rings is 6. The van der Waals surface area contributed by atoms with Gasteiger partial charge in [-0.2, -0.15) is 37.2 Å². The fourth-order valence-corrected chi connectivity index (χ4v) is 7.76. The molecule has 0 spiro atoms. The van der Waals surface area contributed by atoms with Crippen molar-refractivity contribution in [3.8, 4) is 0 Å². The molecule has 1 heterocycles. The van der Waals surface area contributed by atoms with Crippen molar-refractivity contribution in [2.75, 3.05) is 15.6 Å². The molecule has 0 bridgehead atoms. The molecule has 1 amide bonds. The van der Waals surface area contributed by atoms with E-state index in [1.54, 1.807) is 0 Å². The molecule has 0 aromatic heterocycles. The zero-order chi connectivity index (χ0) is 49.1. The van der Waals surface area contributed by atoms with Crippen molar-refractivity contribution in [3.63, 3.8) is 0 Å². The van der Waals surface area contributed by atoms with Gasteiger partial charge in [0.05, 0.1) is 43.4 Å². The number of aryl methyl sites for hydroxylation is 4. The summed E-state index contributed by atoms with van der Waals surface area (Å²) >= 11 is 11.9. The largest absolute Gasteiger partial charge is 0.369 e. The van der Waals surface area contributed by atoms with E-state index < -0.39 is 37.1 Å². The van der Waals surface area contributed by atoms with Crippen LogP contribution in [0, 0.1) is 27.7 Å². The lowest BCUT2D eigenvalue weighted by Gasteiger charge is -2.15. The number of carbonyl (C=O) groups is 1. The van der Waals surface area contributed by atoms with Crippen molar-refractivity contribution in [1.82, 2.24) is 0 Å². The quantitative estimate of drug-likeness (QED) is 0.0343. The standard InChI is InChI=1S/C16H12Cl2N4O7S2.2C15H17N3/c1-8-15(20-19-9-2-4-10(5-3-9)30(24,25)26)16(23)22(21-8)13-6-12(18)14(7-11(13)17)31(27,28)29;2*1-11-7-3-5-9-13(11)17-15(16)18-14-10-6-4-8-12(14)2/h2-7,15H,1H3,(H,24,25,26)(H,27,28,29);2*3-10H,1-2H3,(H3,16,17,18). The summed E-state index contributed by atoms with van der Waals surface area (Å²) < 4.78 is 62.9. The highest BCUT2D eigenvalue weighted by Gasteiger charge is 2.36. The molecule has 6 aromatic rings. The van der Waals surface area contributed by atoms with Gasteiger partial charge in [-0.15, -0.1) is 0 Å². The highest BCUT2D eigenvalue weighted by atomic mass is 35.5. The maximum atomic E-state index is 12.7. The van der Waals surface area contributed by atoms with E-state index >= 15 is 0 Å². The number of aliphatic imine (C=N–C) groups is 2. The normalized spacial score (nSPS) is 14.2. The van der Waals surface area contributed by atoms with Gasteiger partial charge in [-0.05, 0) is 118 Å². The van der Waals surface area contributed by atoms with Crippen molar-refractivity contribution < 1.29 is 30.7 Å². The van der Waals surface area contributed by atoms with E-state index in [0.29, 0.717) is 11.9 Å². The summed E-state index contributed by atoms with van der Waals surface area (Å²) in [6.07, 6.45) is 0. The van der Waals surface area contributed by atoms with Gasteiger partial charge in [-0.1, -0.05) is 96.0 Å². The summed E-state index contributed by atoms with van der Waals surface area (Å²) in [6.45, 7) is 9.59. The van der Waals surface area contributed by atoms with E-state index in [1.165, 1.54) is 19.1 Å². The molecule has 0 saturated carbocycles. The van der Waals surface area contributed by atoms with E-state index in [1.807, 2.05) is 125 Å². The summed E-state index contributed by atoms with van der Waals surface area (Å²) in [4.78, 5) is 20.5.